The molecule has 0 aliphatic heterocycles. The van der Waals surface area contributed by atoms with Gasteiger partial charge < -0.3 is 15.7 Å². The van der Waals surface area contributed by atoms with E-state index in [1.54, 1.807) is 36.7 Å². The van der Waals surface area contributed by atoms with Gasteiger partial charge in [0.1, 0.15) is 11.4 Å². The van der Waals surface area contributed by atoms with Gasteiger partial charge in [-0.3, -0.25) is 9.48 Å². The lowest BCUT2D eigenvalue weighted by Crippen LogP contribution is -2.26. The molecule has 0 aliphatic rings. The van der Waals surface area contributed by atoms with Crippen LogP contribution in [0.15, 0.2) is 42.6 Å². The molecule has 2 aromatic carbocycles. The van der Waals surface area contributed by atoms with Crippen LogP contribution in [-0.2, 0) is 13.6 Å². The van der Waals surface area contributed by atoms with E-state index in [1.165, 1.54) is 0 Å². The van der Waals surface area contributed by atoms with E-state index in [4.69, 9.17) is 5.73 Å². The number of carbonyl (C=O) groups is 1. The molecule has 4 aromatic rings. The first-order chi connectivity index (χ1) is 15.5. The molecule has 168 valence electrons. The van der Waals surface area contributed by atoms with Crippen LogP contribution in [0.5, 0.6) is 0 Å². The molecule has 0 fully saturated rings. The number of aromatic nitrogens is 3. The van der Waals surface area contributed by atoms with Crippen molar-refractivity contribution >= 4 is 33.5 Å². The van der Waals surface area contributed by atoms with E-state index in [-0.39, 0.29) is 5.91 Å². The zero-order chi connectivity index (χ0) is 23.9. The van der Waals surface area contributed by atoms with Gasteiger partial charge in [0.25, 0.3) is 5.91 Å². The Balaban J connectivity index is 1.62. The normalized spacial score (nSPS) is 11.5. The summed E-state index contributed by atoms with van der Waals surface area (Å²) in [4.78, 5) is 19.5. The fourth-order valence-corrected chi connectivity index (χ4v) is 3.81. The summed E-state index contributed by atoms with van der Waals surface area (Å²) in [5.41, 5.74) is 9.92. The summed E-state index contributed by atoms with van der Waals surface area (Å²) in [5, 5.41) is 15.7. The molecule has 3 N–H and O–H groups in total. The Morgan fingerprint density at radius 3 is 2.58 bits per heavy atom. The third-order valence-corrected chi connectivity index (χ3v) is 5.52. The van der Waals surface area contributed by atoms with Crippen molar-refractivity contribution < 1.29 is 9.90 Å². The Morgan fingerprint density at radius 2 is 1.91 bits per heavy atom. The molecule has 0 saturated carbocycles. The minimum absolute atomic E-state index is 0.0764. The summed E-state index contributed by atoms with van der Waals surface area (Å²) >= 11 is 0. The van der Waals surface area contributed by atoms with Crippen LogP contribution in [0.1, 0.15) is 40.9 Å². The number of anilines is 1. The summed E-state index contributed by atoms with van der Waals surface area (Å²) in [6.07, 6.45) is 1.69. The Hall–Kier alpha value is -3.89. The van der Waals surface area contributed by atoms with Crippen LogP contribution in [0.3, 0.4) is 0 Å². The first-order valence-corrected chi connectivity index (χ1v) is 10.6. The standard InChI is InChI=1S/C26H27N5O2/c1-16-12-22-20(23-21(24(27)29-22)14-28-31(23)5)13-19(16)25(32)30(4)15-18-8-6-17(7-9-18)10-11-26(2,3)33/h6-9,12-14,33H,15H2,1-5H3,(H2,27,29). The van der Waals surface area contributed by atoms with Crippen LogP contribution in [0.25, 0.3) is 21.8 Å². The summed E-state index contributed by atoms with van der Waals surface area (Å²) in [5.74, 6) is 6.11. The van der Waals surface area contributed by atoms with E-state index in [0.717, 1.165) is 38.5 Å². The molecule has 4 rings (SSSR count). The van der Waals surface area contributed by atoms with E-state index in [0.29, 0.717) is 17.9 Å². The van der Waals surface area contributed by atoms with Crippen molar-refractivity contribution in [2.45, 2.75) is 32.9 Å². The van der Waals surface area contributed by atoms with Crippen LogP contribution in [0.2, 0.25) is 0 Å². The van der Waals surface area contributed by atoms with E-state index in [9.17, 15) is 9.90 Å². The Kier molecular flexibility index (Phi) is 5.56. The fraction of sp³-hybridized carbons (Fsp3) is 0.269. The van der Waals surface area contributed by atoms with Crippen molar-refractivity contribution in [3.8, 4) is 11.8 Å². The zero-order valence-corrected chi connectivity index (χ0v) is 19.5. The molecule has 0 atom stereocenters. The van der Waals surface area contributed by atoms with E-state index >= 15 is 0 Å². The highest BCUT2D eigenvalue weighted by molar-refractivity contribution is 6.10. The largest absolute Gasteiger partial charge is 0.383 e. The average molecular weight is 442 g/mol. The second kappa shape index (κ2) is 8.23. The number of amides is 1. The van der Waals surface area contributed by atoms with Gasteiger partial charge in [-0.15, -0.1) is 0 Å². The molecule has 0 spiro atoms. The lowest BCUT2D eigenvalue weighted by molar-refractivity contribution is 0.0784. The minimum atomic E-state index is -1.04. The monoisotopic (exact) mass is 441 g/mol. The number of pyridine rings is 1. The van der Waals surface area contributed by atoms with Crippen LogP contribution in [0.4, 0.5) is 5.82 Å². The second-order valence-electron chi connectivity index (χ2n) is 8.88. The van der Waals surface area contributed by atoms with Gasteiger partial charge in [0, 0.05) is 37.2 Å². The molecular weight excluding hydrogens is 414 g/mol. The van der Waals surface area contributed by atoms with Crippen LogP contribution >= 0.6 is 0 Å². The Morgan fingerprint density at radius 1 is 1.21 bits per heavy atom. The van der Waals surface area contributed by atoms with Gasteiger partial charge in [-0.1, -0.05) is 24.0 Å². The maximum atomic E-state index is 13.3. The summed E-state index contributed by atoms with van der Waals surface area (Å²) < 4.78 is 1.76. The van der Waals surface area contributed by atoms with Crippen molar-refractivity contribution in [1.82, 2.24) is 19.7 Å². The van der Waals surface area contributed by atoms with E-state index in [2.05, 4.69) is 21.9 Å². The topological polar surface area (TPSA) is 97.3 Å². The van der Waals surface area contributed by atoms with Gasteiger partial charge >= 0.3 is 0 Å². The zero-order valence-electron chi connectivity index (χ0n) is 19.5. The molecule has 0 aliphatic carbocycles. The smallest absolute Gasteiger partial charge is 0.254 e. The number of aryl methyl sites for hydroxylation is 2. The lowest BCUT2D eigenvalue weighted by atomic mass is 10.0. The van der Waals surface area contributed by atoms with Crippen molar-refractivity contribution in [3.05, 3.63) is 64.8 Å². The van der Waals surface area contributed by atoms with E-state index < -0.39 is 5.60 Å². The highest BCUT2D eigenvalue weighted by Crippen LogP contribution is 2.30. The number of nitrogens with two attached hydrogens (primary N) is 1. The number of hydrogen-bond donors (Lipinski definition) is 2. The number of nitrogen functional groups attached to an aromatic ring is 1. The van der Waals surface area contributed by atoms with Gasteiger partial charge in [0.05, 0.1) is 22.6 Å². The highest BCUT2D eigenvalue weighted by Gasteiger charge is 2.18. The number of rotatable bonds is 3. The van der Waals surface area contributed by atoms with Crippen molar-refractivity contribution in [1.29, 1.82) is 0 Å². The number of benzene rings is 2. The minimum Gasteiger partial charge on any atom is -0.383 e. The van der Waals surface area contributed by atoms with Crippen LogP contribution in [0, 0.1) is 18.8 Å². The molecule has 33 heavy (non-hydrogen) atoms. The van der Waals surface area contributed by atoms with Gasteiger partial charge in [-0.05, 0) is 56.2 Å². The summed E-state index contributed by atoms with van der Waals surface area (Å²) in [7, 11) is 3.64. The number of aliphatic hydroxyl groups is 1. The molecule has 2 aromatic heterocycles. The summed E-state index contributed by atoms with van der Waals surface area (Å²) in [6, 6.07) is 11.4. The number of fused-ring (bicyclic) bond motifs is 3. The average Bonchev–Trinajstić information content (AvgIpc) is 3.14. The van der Waals surface area contributed by atoms with Crippen molar-refractivity contribution in [3.63, 3.8) is 0 Å². The van der Waals surface area contributed by atoms with E-state index in [1.807, 2.05) is 50.4 Å². The second-order valence-corrected chi connectivity index (χ2v) is 8.88. The maximum Gasteiger partial charge on any atom is 0.254 e. The molecule has 7 nitrogen and oxygen atoms in total. The molecule has 1 amide bonds. The van der Waals surface area contributed by atoms with Gasteiger partial charge in [-0.25, -0.2) is 4.98 Å². The Labute approximate surface area is 192 Å². The molecule has 0 unspecified atom stereocenters. The molecule has 0 saturated heterocycles. The lowest BCUT2D eigenvalue weighted by Gasteiger charge is -2.19. The van der Waals surface area contributed by atoms with Crippen molar-refractivity contribution in [2.24, 2.45) is 7.05 Å². The maximum absolute atomic E-state index is 13.3. The SMILES string of the molecule is Cc1cc2nc(N)c3cnn(C)c3c2cc1C(=O)N(C)Cc1ccc(C#CC(C)(C)O)cc1. The quantitative estimate of drug-likeness (QED) is 0.475. The molecular formula is C26H27N5O2. The van der Waals surface area contributed by atoms with Gasteiger partial charge in [0.15, 0.2) is 0 Å². The highest BCUT2D eigenvalue weighted by atomic mass is 16.3. The van der Waals surface area contributed by atoms with Crippen molar-refractivity contribution in [2.75, 3.05) is 12.8 Å². The first kappa shape index (κ1) is 22.3. The first-order valence-electron chi connectivity index (χ1n) is 10.6. The molecule has 7 heteroatoms. The third kappa shape index (κ3) is 4.52. The number of carbonyl (C=O) groups excluding carboxylic acids is 1. The number of hydrogen-bond acceptors (Lipinski definition) is 5. The summed E-state index contributed by atoms with van der Waals surface area (Å²) in [6.45, 7) is 5.65. The van der Waals surface area contributed by atoms with Gasteiger partial charge in [0.2, 0.25) is 0 Å². The molecule has 2 heterocycles. The predicted octanol–water partition coefficient (Wildman–Crippen LogP) is 3.41. The van der Waals surface area contributed by atoms with Gasteiger partial charge in [-0.2, -0.15) is 5.10 Å². The molecule has 0 bridgehead atoms. The predicted molar refractivity (Wildman–Crippen MR) is 131 cm³/mol. The third-order valence-electron chi connectivity index (χ3n) is 5.52. The van der Waals surface area contributed by atoms with Crippen LogP contribution in [-0.4, -0.2) is 43.3 Å². The van der Waals surface area contributed by atoms with Crippen LogP contribution < -0.4 is 5.73 Å². The molecule has 0 radical (unpaired) electrons. The Bertz CT molecular complexity index is 1430. The number of nitrogens with zero attached hydrogens (tertiary/aromatic N) is 4. The fourth-order valence-electron chi connectivity index (χ4n) is 3.81.